The molecule has 3 amide bonds. The van der Waals surface area contributed by atoms with Crippen LogP contribution in [-0.2, 0) is 26.3 Å². The number of rotatable bonds is 8. The molecule has 0 atom stereocenters. The zero-order chi connectivity index (χ0) is 20.4. The van der Waals surface area contributed by atoms with Crippen molar-refractivity contribution in [3.63, 3.8) is 0 Å². The van der Waals surface area contributed by atoms with Gasteiger partial charge in [0, 0.05) is 19.8 Å². The third-order valence-corrected chi connectivity index (χ3v) is 4.67. The smallest absolute Gasteiger partial charge is 0.240 e. The Balaban J connectivity index is 1.91. The van der Waals surface area contributed by atoms with E-state index < -0.39 is 5.54 Å². The molecule has 1 aliphatic rings. The minimum absolute atomic E-state index is 0.108. The third-order valence-electron chi connectivity index (χ3n) is 4.67. The van der Waals surface area contributed by atoms with E-state index in [1.807, 2.05) is 0 Å². The predicted octanol–water partition coefficient (Wildman–Crippen LogP) is 0.553. The molecule has 1 aromatic rings. The topological polar surface area (TPSA) is 126 Å². The third kappa shape index (κ3) is 6.37. The lowest BCUT2D eigenvalue weighted by molar-refractivity contribution is -0.126. The molecule has 1 aromatic heterocycles. The Morgan fingerprint density at radius 1 is 1.14 bits per heavy atom. The van der Waals surface area contributed by atoms with Gasteiger partial charge < -0.3 is 20.5 Å². The van der Waals surface area contributed by atoms with Gasteiger partial charge in [-0.3, -0.25) is 14.4 Å². The zero-order valence-corrected chi connectivity index (χ0v) is 16.2. The van der Waals surface area contributed by atoms with Crippen molar-refractivity contribution in [2.24, 2.45) is 0 Å². The minimum Gasteiger partial charge on any atom is -0.347 e. The van der Waals surface area contributed by atoms with Crippen molar-refractivity contribution in [1.29, 1.82) is 0 Å². The van der Waals surface area contributed by atoms with Gasteiger partial charge in [0.05, 0.1) is 13.1 Å². The zero-order valence-electron chi connectivity index (χ0n) is 16.2. The summed E-state index contributed by atoms with van der Waals surface area (Å²) in [6.07, 6.45) is 11.1. The Labute approximate surface area is 164 Å². The van der Waals surface area contributed by atoms with Gasteiger partial charge in [0.2, 0.25) is 23.6 Å². The monoisotopic (exact) mass is 389 g/mol. The summed E-state index contributed by atoms with van der Waals surface area (Å²) >= 11 is 0. The van der Waals surface area contributed by atoms with Gasteiger partial charge in [0.15, 0.2) is 5.82 Å². The lowest BCUT2D eigenvalue weighted by atomic mass is 9.89. The number of amides is 3. The van der Waals surface area contributed by atoms with E-state index in [2.05, 4.69) is 32.0 Å². The van der Waals surface area contributed by atoms with Crippen LogP contribution in [0.2, 0.25) is 0 Å². The Morgan fingerprint density at radius 3 is 2.50 bits per heavy atom. The van der Waals surface area contributed by atoms with Crippen LogP contribution in [0.1, 0.15) is 63.6 Å². The maximum absolute atomic E-state index is 11.9. The van der Waals surface area contributed by atoms with Crippen LogP contribution < -0.4 is 16.0 Å². The highest BCUT2D eigenvalue weighted by Crippen LogP contribution is 2.34. The van der Waals surface area contributed by atoms with Gasteiger partial charge in [-0.25, -0.2) is 0 Å². The van der Waals surface area contributed by atoms with Crippen molar-refractivity contribution >= 4 is 17.7 Å². The number of hydrogen-bond donors (Lipinski definition) is 3. The largest absolute Gasteiger partial charge is 0.347 e. The number of hydrogen-bond acceptors (Lipinski definition) is 6. The molecule has 0 radical (unpaired) electrons. The normalized spacial score (nSPS) is 15.7. The summed E-state index contributed by atoms with van der Waals surface area (Å²) in [6.45, 7) is 1.47. The molecular formula is C19H27N5O4. The Hall–Kier alpha value is -2.89. The molecule has 0 aromatic carbocycles. The fourth-order valence-electron chi connectivity index (χ4n) is 3.32. The van der Waals surface area contributed by atoms with Gasteiger partial charge in [0.25, 0.3) is 0 Å². The van der Waals surface area contributed by atoms with E-state index in [1.54, 1.807) is 0 Å². The Bertz CT molecular complexity index is 729. The number of aromatic nitrogens is 2. The standard InChI is InChI=1S/C19H27N5O4/c1-3-12-20-16(27)13-21-15(26)8-9-17-22-18(24-28-17)19(23-14(2)25)10-6-4-5-7-11-19/h1H,4-13H2,2H3,(H,20,27)(H,21,26)(H,23,25). The summed E-state index contributed by atoms with van der Waals surface area (Å²) in [5, 5.41) is 12.1. The van der Waals surface area contributed by atoms with Crippen LogP contribution in [0.3, 0.4) is 0 Å². The minimum atomic E-state index is -0.610. The lowest BCUT2D eigenvalue weighted by Gasteiger charge is -2.30. The van der Waals surface area contributed by atoms with E-state index in [0.717, 1.165) is 38.5 Å². The first-order valence-electron chi connectivity index (χ1n) is 9.54. The molecule has 0 aliphatic heterocycles. The van der Waals surface area contributed by atoms with Crippen LogP contribution in [0.15, 0.2) is 4.52 Å². The summed E-state index contributed by atoms with van der Waals surface area (Å²) in [5.41, 5.74) is -0.610. The lowest BCUT2D eigenvalue weighted by Crippen LogP contribution is -2.45. The molecule has 1 aliphatic carbocycles. The number of carbonyl (C=O) groups is 3. The second kappa shape index (κ2) is 10.4. The van der Waals surface area contributed by atoms with Crippen molar-refractivity contribution in [3.8, 4) is 12.3 Å². The molecule has 9 nitrogen and oxygen atoms in total. The van der Waals surface area contributed by atoms with E-state index in [9.17, 15) is 14.4 Å². The van der Waals surface area contributed by atoms with Crippen LogP contribution in [0.4, 0.5) is 0 Å². The van der Waals surface area contributed by atoms with Gasteiger partial charge in [0.1, 0.15) is 5.54 Å². The molecule has 1 saturated carbocycles. The second-order valence-electron chi connectivity index (χ2n) is 6.95. The van der Waals surface area contributed by atoms with Crippen LogP contribution in [-0.4, -0.2) is 41.0 Å². The van der Waals surface area contributed by atoms with Gasteiger partial charge in [-0.15, -0.1) is 6.42 Å². The first kappa shape index (κ1) is 21.4. The average Bonchev–Trinajstić information content (AvgIpc) is 3.03. The molecular weight excluding hydrogens is 362 g/mol. The van der Waals surface area contributed by atoms with Crippen LogP contribution in [0, 0.1) is 12.3 Å². The van der Waals surface area contributed by atoms with Crippen LogP contribution in [0.25, 0.3) is 0 Å². The van der Waals surface area contributed by atoms with Crippen molar-refractivity contribution in [3.05, 3.63) is 11.7 Å². The maximum Gasteiger partial charge on any atom is 0.240 e. The Kier molecular flexibility index (Phi) is 7.99. The van der Waals surface area contributed by atoms with Crippen molar-refractivity contribution in [2.75, 3.05) is 13.1 Å². The number of nitrogens with zero attached hydrogens (tertiary/aromatic N) is 2. The van der Waals surface area contributed by atoms with E-state index in [4.69, 9.17) is 10.9 Å². The summed E-state index contributed by atoms with van der Waals surface area (Å²) < 4.78 is 5.30. The van der Waals surface area contributed by atoms with Gasteiger partial charge >= 0.3 is 0 Å². The molecule has 0 saturated heterocycles. The highest BCUT2D eigenvalue weighted by atomic mass is 16.5. The first-order chi connectivity index (χ1) is 13.4. The number of nitrogens with one attached hydrogen (secondary N) is 3. The number of carbonyl (C=O) groups excluding carboxylic acids is 3. The molecule has 0 bridgehead atoms. The highest BCUT2D eigenvalue weighted by molar-refractivity contribution is 5.84. The summed E-state index contributed by atoms with van der Waals surface area (Å²) in [5.74, 6) is 2.30. The van der Waals surface area contributed by atoms with E-state index in [1.165, 1.54) is 6.92 Å². The van der Waals surface area contributed by atoms with Gasteiger partial charge in [-0.05, 0) is 12.8 Å². The number of aryl methyl sites for hydroxylation is 1. The summed E-state index contributed by atoms with van der Waals surface area (Å²) in [6, 6.07) is 0. The molecule has 3 N–H and O–H groups in total. The molecule has 1 fully saturated rings. The molecule has 9 heteroatoms. The summed E-state index contributed by atoms with van der Waals surface area (Å²) in [7, 11) is 0. The van der Waals surface area contributed by atoms with Crippen molar-refractivity contribution in [2.45, 2.75) is 63.8 Å². The van der Waals surface area contributed by atoms with Crippen molar-refractivity contribution < 1.29 is 18.9 Å². The summed E-state index contributed by atoms with van der Waals surface area (Å²) in [4.78, 5) is 39.5. The first-order valence-corrected chi connectivity index (χ1v) is 9.54. The molecule has 2 rings (SSSR count). The molecule has 28 heavy (non-hydrogen) atoms. The highest BCUT2D eigenvalue weighted by Gasteiger charge is 2.38. The van der Waals surface area contributed by atoms with Crippen LogP contribution in [0.5, 0.6) is 0 Å². The quantitative estimate of drug-likeness (QED) is 0.440. The fraction of sp³-hybridized carbons (Fsp3) is 0.632. The second-order valence-corrected chi connectivity index (χ2v) is 6.95. The van der Waals surface area contributed by atoms with E-state index in [-0.39, 0.29) is 43.7 Å². The fourth-order valence-corrected chi connectivity index (χ4v) is 3.32. The Morgan fingerprint density at radius 2 is 1.86 bits per heavy atom. The van der Waals surface area contributed by atoms with E-state index >= 15 is 0 Å². The molecule has 1 heterocycles. The molecule has 0 unspecified atom stereocenters. The maximum atomic E-state index is 11.9. The van der Waals surface area contributed by atoms with Crippen LogP contribution >= 0.6 is 0 Å². The van der Waals surface area contributed by atoms with Gasteiger partial charge in [-0.1, -0.05) is 36.8 Å². The predicted molar refractivity (Wildman–Crippen MR) is 101 cm³/mol. The van der Waals surface area contributed by atoms with Crippen molar-refractivity contribution in [1.82, 2.24) is 26.1 Å². The molecule has 152 valence electrons. The van der Waals surface area contributed by atoms with E-state index in [0.29, 0.717) is 11.7 Å². The average molecular weight is 389 g/mol. The SMILES string of the molecule is C#CCNC(=O)CNC(=O)CCc1nc(C2(NC(C)=O)CCCCCC2)no1. The number of terminal acetylenes is 1. The molecule has 0 spiro atoms. The van der Waals surface area contributed by atoms with Gasteiger partial charge in [-0.2, -0.15) is 4.98 Å².